The summed E-state index contributed by atoms with van der Waals surface area (Å²) in [6, 6.07) is 1.07. The van der Waals surface area contributed by atoms with Gasteiger partial charge in [0.2, 0.25) is 0 Å². The molecule has 2 aliphatic rings. The monoisotopic (exact) mass is 214 g/mol. The van der Waals surface area contributed by atoms with Crippen LogP contribution >= 0.6 is 0 Å². The van der Waals surface area contributed by atoms with E-state index >= 15 is 0 Å². The van der Waals surface area contributed by atoms with Crippen LogP contribution in [0.15, 0.2) is 0 Å². The number of nitrogens with two attached hydrogens (primary N) is 2. The van der Waals surface area contributed by atoms with E-state index in [0.717, 1.165) is 0 Å². The van der Waals surface area contributed by atoms with Gasteiger partial charge in [-0.2, -0.15) is 0 Å². The van der Waals surface area contributed by atoms with Crippen LogP contribution in [0, 0.1) is 0 Å². The van der Waals surface area contributed by atoms with E-state index in [2.05, 4.69) is 0 Å². The summed E-state index contributed by atoms with van der Waals surface area (Å²) >= 11 is 0. The minimum atomic E-state index is 0. The van der Waals surface area contributed by atoms with Gasteiger partial charge in [0.1, 0.15) is 0 Å². The minimum absolute atomic E-state index is 0. The number of hydrogen-bond donors (Lipinski definition) is 2. The molecule has 0 aromatic heterocycles. The third-order valence-corrected chi connectivity index (χ3v) is 3.30. The summed E-state index contributed by atoms with van der Waals surface area (Å²) in [5.74, 6) is 0. The van der Waals surface area contributed by atoms with Crippen molar-refractivity contribution in [3.05, 3.63) is 0 Å². The molecule has 0 radical (unpaired) electrons. The number of rotatable bonds is 0. The van der Waals surface area contributed by atoms with Crippen LogP contribution in [0.1, 0.15) is 71.6 Å². The van der Waals surface area contributed by atoms with Crippen molar-refractivity contribution < 1.29 is 0 Å². The third-order valence-electron chi connectivity index (χ3n) is 3.30. The zero-order valence-corrected chi connectivity index (χ0v) is 9.38. The molecule has 4 N–H and O–H groups in total. The second kappa shape index (κ2) is 9.17. The van der Waals surface area contributed by atoms with E-state index < -0.39 is 0 Å². The Labute approximate surface area is 95.8 Å². The summed E-state index contributed by atoms with van der Waals surface area (Å²) in [6.07, 6.45) is 13.3. The van der Waals surface area contributed by atoms with E-state index in [1.54, 1.807) is 0 Å². The maximum atomic E-state index is 5.63. The first-order chi connectivity index (χ1) is 6.79. The van der Waals surface area contributed by atoms with Gasteiger partial charge < -0.3 is 11.5 Å². The van der Waals surface area contributed by atoms with Gasteiger partial charge in [0.25, 0.3) is 0 Å². The number of hydrogen-bond acceptors (Lipinski definition) is 2. The first-order valence-corrected chi connectivity index (χ1v) is 6.30. The molecule has 2 saturated carbocycles. The second-order valence-electron chi connectivity index (χ2n) is 4.80. The van der Waals surface area contributed by atoms with Crippen molar-refractivity contribution in [2.45, 2.75) is 83.7 Å². The Morgan fingerprint density at radius 2 is 0.800 bits per heavy atom. The molecular weight excluding hydrogens is 184 g/mol. The molecule has 0 heterocycles. The fourth-order valence-corrected chi connectivity index (χ4v) is 2.27. The lowest BCUT2D eigenvalue weighted by molar-refractivity contribution is 0.441. The van der Waals surface area contributed by atoms with E-state index in [-0.39, 0.29) is 7.43 Å². The molecule has 2 nitrogen and oxygen atoms in total. The molecule has 2 aliphatic carbocycles. The highest BCUT2D eigenvalue weighted by Crippen LogP contribution is 2.15. The topological polar surface area (TPSA) is 52.0 Å². The molecule has 2 rings (SSSR count). The molecular formula is C13H30N2. The van der Waals surface area contributed by atoms with Crippen LogP contribution in [0.3, 0.4) is 0 Å². The van der Waals surface area contributed by atoms with Gasteiger partial charge >= 0.3 is 0 Å². The Balaban J connectivity index is 0.000000245. The maximum Gasteiger partial charge on any atom is 0.00388 e. The summed E-state index contributed by atoms with van der Waals surface area (Å²) in [4.78, 5) is 0. The Hall–Kier alpha value is -0.0800. The van der Waals surface area contributed by atoms with Gasteiger partial charge in [0.15, 0.2) is 0 Å². The van der Waals surface area contributed by atoms with Gasteiger partial charge in [-0.3, -0.25) is 0 Å². The third kappa shape index (κ3) is 7.80. The fourth-order valence-electron chi connectivity index (χ4n) is 2.27. The van der Waals surface area contributed by atoms with Crippen LogP contribution in [-0.2, 0) is 0 Å². The van der Waals surface area contributed by atoms with E-state index in [1.165, 1.54) is 64.2 Å². The Morgan fingerprint density at radius 3 is 0.933 bits per heavy atom. The summed E-state index contributed by atoms with van der Waals surface area (Å²) in [7, 11) is 0. The largest absolute Gasteiger partial charge is 0.328 e. The zero-order valence-electron chi connectivity index (χ0n) is 9.38. The zero-order chi connectivity index (χ0) is 10.2. The van der Waals surface area contributed by atoms with Gasteiger partial charge in [-0.1, -0.05) is 46.0 Å². The van der Waals surface area contributed by atoms with Crippen molar-refractivity contribution in [2.75, 3.05) is 0 Å². The molecule has 0 spiro atoms. The average molecular weight is 214 g/mol. The molecule has 0 saturated heterocycles. The smallest absolute Gasteiger partial charge is 0.00388 e. The molecule has 0 aliphatic heterocycles. The first kappa shape index (κ1) is 14.9. The lowest BCUT2D eigenvalue weighted by atomic mass is 9.97. The van der Waals surface area contributed by atoms with Crippen molar-refractivity contribution >= 4 is 0 Å². The van der Waals surface area contributed by atoms with Crippen molar-refractivity contribution in [2.24, 2.45) is 11.5 Å². The van der Waals surface area contributed by atoms with E-state index in [0.29, 0.717) is 12.1 Å². The summed E-state index contributed by atoms with van der Waals surface area (Å²) in [5.41, 5.74) is 11.3. The molecule has 0 amide bonds. The SMILES string of the molecule is C.NC1CCCCC1.NC1CCCCC1. The fraction of sp³-hybridized carbons (Fsp3) is 1.00. The van der Waals surface area contributed by atoms with Gasteiger partial charge in [-0.05, 0) is 25.7 Å². The lowest BCUT2D eigenvalue weighted by Crippen LogP contribution is -2.22. The molecule has 2 fully saturated rings. The molecule has 92 valence electrons. The molecule has 0 aromatic rings. The lowest BCUT2D eigenvalue weighted by Gasteiger charge is -2.15. The highest BCUT2D eigenvalue weighted by Gasteiger charge is 2.06. The Morgan fingerprint density at radius 1 is 0.533 bits per heavy atom. The van der Waals surface area contributed by atoms with Gasteiger partial charge in [-0.25, -0.2) is 0 Å². The van der Waals surface area contributed by atoms with Gasteiger partial charge in [-0.15, -0.1) is 0 Å². The molecule has 0 unspecified atom stereocenters. The van der Waals surface area contributed by atoms with Gasteiger partial charge in [0, 0.05) is 12.1 Å². The first-order valence-electron chi connectivity index (χ1n) is 6.30. The highest BCUT2D eigenvalue weighted by molar-refractivity contribution is 4.66. The van der Waals surface area contributed by atoms with Crippen LogP contribution < -0.4 is 11.5 Å². The molecule has 0 atom stereocenters. The van der Waals surface area contributed by atoms with Gasteiger partial charge in [0.05, 0.1) is 0 Å². The van der Waals surface area contributed by atoms with Crippen LogP contribution in [0.5, 0.6) is 0 Å². The van der Waals surface area contributed by atoms with Crippen molar-refractivity contribution in [3.8, 4) is 0 Å². The highest BCUT2D eigenvalue weighted by atomic mass is 14.6. The van der Waals surface area contributed by atoms with Crippen molar-refractivity contribution in [1.29, 1.82) is 0 Å². The summed E-state index contributed by atoms with van der Waals surface area (Å²) in [6.45, 7) is 0. The van der Waals surface area contributed by atoms with Crippen LogP contribution in [0.2, 0.25) is 0 Å². The predicted molar refractivity (Wildman–Crippen MR) is 68.9 cm³/mol. The second-order valence-corrected chi connectivity index (χ2v) is 4.80. The molecule has 2 heteroatoms. The van der Waals surface area contributed by atoms with E-state index in [9.17, 15) is 0 Å². The Bertz CT molecular complexity index is 108. The normalized spacial score (nSPS) is 23.6. The minimum Gasteiger partial charge on any atom is -0.328 e. The van der Waals surface area contributed by atoms with Crippen molar-refractivity contribution in [3.63, 3.8) is 0 Å². The van der Waals surface area contributed by atoms with Crippen LogP contribution in [0.4, 0.5) is 0 Å². The maximum absolute atomic E-state index is 5.63. The molecule has 15 heavy (non-hydrogen) atoms. The standard InChI is InChI=1S/2C6H13N.CH4/c2*7-6-4-2-1-3-5-6;/h2*6H,1-5,7H2;1H4. The predicted octanol–water partition coefficient (Wildman–Crippen LogP) is 3.19. The summed E-state index contributed by atoms with van der Waals surface area (Å²) < 4.78 is 0. The molecule has 0 aromatic carbocycles. The van der Waals surface area contributed by atoms with Crippen LogP contribution in [-0.4, -0.2) is 12.1 Å². The molecule has 0 bridgehead atoms. The van der Waals surface area contributed by atoms with Crippen LogP contribution in [0.25, 0.3) is 0 Å². The quantitative estimate of drug-likeness (QED) is 0.650. The van der Waals surface area contributed by atoms with E-state index in [1.807, 2.05) is 0 Å². The van der Waals surface area contributed by atoms with Crippen molar-refractivity contribution in [1.82, 2.24) is 0 Å². The average Bonchev–Trinajstić information content (AvgIpc) is 2.21. The Kier molecular flexibility index (Phi) is 9.12. The summed E-state index contributed by atoms with van der Waals surface area (Å²) in [5, 5.41) is 0. The van der Waals surface area contributed by atoms with E-state index in [4.69, 9.17) is 11.5 Å².